The molecule has 0 radical (unpaired) electrons. The number of amides is 1. The molecule has 0 saturated carbocycles. The summed E-state index contributed by atoms with van der Waals surface area (Å²) in [6.45, 7) is -0.105. The third-order valence-corrected chi connectivity index (χ3v) is 5.09. The summed E-state index contributed by atoms with van der Waals surface area (Å²) in [5.74, 6) is -0.655. The Morgan fingerprint density at radius 1 is 0.971 bits per heavy atom. The minimum Gasteiger partial charge on any atom is -0.497 e. The van der Waals surface area contributed by atoms with Crippen molar-refractivity contribution in [3.8, 4) is 11.4 Å². The van der Waals surface area contributed by atoms with Crippen LogP contribution in [0.4, 0.5) is 4.39 Å². The number of hydrogen-bond acceptors (Lipinski definition) is 5. The van der Waals surface area contributed by atoms with Crippen LogP contribution in [0.3, 0.4) is 0 Å². The van der Waals surface area contributed by atoms with Crippen LogP contribution in [0, 0.1) is 5.82 Å². The van der Waals surface area contributed by atoms with Gasteiger partial charge in [-0.2, -0.15) is 9.78 Å². The van der Waals surface area contributed by atoms with Gasteiger partial charge in [-0.1, -0.05) is 42.5 Å². The summed E-state index contributed by atoms with van der Waals surface area (Å²) in [5, 5.41) is 6.64. The summed E-state index contributed by atoms with van der Waals surface area (Å²) in [6.07, 6.45) is 0. The van der Waals surface area contributed by atoms with E-state index in [1.165, 1.54) is 25.3 Å². The number of para-hydroxylation sites is 1. The van der Waals surface area contributed by atoms with E-state index in [1.807, 2.05) is 0 Å². The van der Waals surface area contributed by atoms with Gasteiger partial charge in [0.2, 0.25) is 5.69 Å². The molecule has 0 atom stereocenters. The summed E-state index contributed by atoms with van der Waals surface area (Å²) in [4.78, 5) is 39.3. The van der Waals surface area contributed by atoms with Crippen LogP contribution in [-0.2, 0) is 13.1 Å². The molecular weight excluding hydrogens is 439 g/mol. The Kier molecular flexibility index (Phi) is 6.63. The molecule has 34 heavy (non-hydrogen) atoms. The van der Waals surface area contributed by atoms with Gasteiger partial charge in [-0.05, 0) is 47.5 Å². The first-order valence-electron chi connectivity index (χ1n) is 10.4. The number of hydrogen-bond donors (Lipinski definition) is 1. The summed E-state index contributed by atoms with van der Waals surface area (Å²) in [7, 11) is 1.52. The van der Waals surface area contributed by atoms with Crippen LogP contribution in [0.15, 0.2) is 88.5 Å². The zero-order chi connectivity index (χ0) is 24.1. The molecule has 0 aliphatic heterocycles. The molecule has 0 bridgehead atoms. The molecule has 8 nitrogen and oxygen atoms in total. The number of nitrogens with zero attached hydrogens (tertiary/aromatic N) is 3. The van der Waals surface area contributed by atoms with Crippen molar-refractivity contribution < 1.29 is 13.9 Å². The van der Waals surface area contributed by atoms with Crippen molar-refractivity contribution in [1.82, 2.24) is 19.7 Å². The topological polar surface area (TPSA) is 95.2 Å². The van der Waals surface area contributed by atoms with Gasteiger partial charge in [-0.25, -0.2) is 9.18 Å². The minimum absolute atomic E-state index is 0.0158. The van der Waals surface area contributed by atoms with Gasteiger partial charge in [0.15, 0.2) is 0 Å². The van der Waals surface area contributed by atoms with Crippen molar-refractivity contribution in [1.29, 1.82) is 0 Å². The lowest BCUT2D eigenvalue weighted by atomic mass is 10.2. The Morgan fingerprint density at radius 3 is 2.44 bits per heavy atom. The van der Waals surface area contributed by atoms with Crippen LogP contribution in [0.1, 0.15) is 21.6 Å². The van der Waals surface area contributed by atoms with Crippen LogP contribution in [0.5, 0.6) is 5.75 Å². The van der Waals surface area contributed by atoms with Crippen LogP contribution < -0.4 is 21.3 Å². The van der Waals surface area contributed by atoms with Crippen molar-refractivity contribution >= 4 is 5.91 Å². The normalized spacial score (nSPS) is 10.6. The first kappa shape index (κ1) is 22.7. The van der Waals surface area contributed by atoms with Gasteiger partial charge >= 0.3 is 5.69 Å². The van der Waals surface area contributed by atoms with Gasteiger partial charge in [-0.15, -0.1) is 0 Å². The lowest BCUT2D eigenvalue weighted by molar-refractivity contribution is 0.0941. The Labute approximate surface area is 193 Å². The average Bonchev–Trinajstić information content (AvgIpc) is 2.86. The molecule has 0 unspecified atom stereocenters. The Hall–Kier alpha value is -4.53. The van der Waals surface area contributed by atoms with Crippen LogP contribution in [0.2, 0.25) is 0 Å². The summed E-state index contributed by atoms with van der Waals surface area (Å²) in [6, 6.07) is 21.1. The number of ether oxygens (including phenoxy) is 1. The fourth-order valence-electron chi connectivity index (χ4n) is 3.40. The molecular formula is C25H21FN4O4. The second kappa shape index (κ2) is 9.95. The molecule has 9 heteroatoms. The van der Waals surface area contributed by atoms with Crippen LogP contribution in [0.25, 0.3) is 5.69 Å². The maximum atomic E-state index is 13.5. The SMILES string of the molecule is COc1cccc(Cn2c(=O)c(C(=O)NCc3cccc(F)c3)nn(-c3ccccc3)c2=O)c1. The number of rotatable bonds is 7. The fraction of sp³-hybridized carbons (Fsp3) is 0.120. The Balaban J connectivity index is 1.76. The van der Waals surface area contributed by atoms with Gasteiger partial charge in [0, 0.05) is 6.54 Å². The van der Waals surface area contributed by atoms with E-state index in [9.17, 15) is 18.8 Å². The monoisotopic (exact) mass is 460 g/mol. The lowest BCUT2D eigenvalue weighted by Gasteiger charge is -2.13. The van der Waals surface area contributed by atoms with Crippen molar-refractivity contribution in [2.75, 3.05) is 7.11 Å². The first-order chi connectivity index (χ1) is 16.5. The molecule has 0 aliphatic carbocycles. The highest BCUT2D eigenvalue weighted by atomic mass is 19.1. The molecule has 1 N–H and O–H groups in total. The molecule has 1 aromatic heterocycles. The summed E-state index contributed by atoms with van der Waals surface area (Å²) in [5.41, 5.74) is -0.441. The van der Waals surface area contributed by atoms with E-state index in [1.54, 1.807) is 60.7 Å². The maximum Gasteiger partial charge on any atom is 0.352 e. The number of methoxy groups -OCH3 is 1. The van der Waals surface area contributed by atoms with Crippen molar-refractivity contribution in [3.63, 3.8) is 0 Å². The van der Waals surface area contributed by atoms with Gasteiger partial charge in [0.25, 0.3) is 11.5 Å². The van der Waals surface area contributed by atoms with E-state index in [4.69, 9.17) is 4.74 Å². The molecule has 1 heterocycles. The Morgan fingerprint density at radius 2 is 1.71 bits per heavy atom. The number of carbonyl (C=O) groups is 1. The number of benzene rings is 3. The van der Waals surface area contributed by atoms with E-state index in [0.717, 1.165) is 9.25 Å². The first-order valence-corrected chi connectivity index (χ1v) is 10.4. The number of nitrogens with one attached hydrogen (secondary N) is 1. The summed E-state index contributed by atoms with van der Waals surface area (Å²) >= 11 is 0. The molecule has 0 spiro atoms. The zero-order valence-corrected chi connectivity index (χ0v) is 18.3. The number of halogens is 1. The third-order valence-electron chi connectivity index (χ3n) is 5.09. The fourth-order valence-corrected chi connectivity index (χ4v) is 3.40. The predicted octanol–water partition coefficient (Wildman–Crippen LogP) is 2.52. The highest BCUT2D eigenvalue weighted by molar-refractivity contribution is 5.91. The molecule has 0 fully saturated rings. The van der Waals surface area contributed by atoms with Crippen LogP contribution >= 0.6 is 0 Å². The highest BCUT2D eigenvalue weighted by Crippen LogP contribution is 2.13. The molecule has 0 saturated heterocycles. The molecule has 4 rings (SSSR count). The maximum absolute atomic E-state index is 13.5. The van der Waals surface area contributed by atoms with Crippen molar-refractivity contribution in [3.05, 3.63) is 122 Å². The second-order valence-electron chi connectivity index (χ2n) is 7.43. The molecule has 0 aliphatic rings. The molecule has 172 valence electrons. The molecule has 4 aromatic rings. The van der Waals surface area contributed by atoms with Gasteiger partial charge in [-0.3, -0.25) is 14.2 Å². The lowest BCUT2D eigenvalue weighted by Crippen LogP contribution is -2.46. The molecule has 3 aromatic carbocycles. The van der Waals surface area contributed by atoms with Gasteiger partial charge < -0.3 is 10.1 Å². The minimum atomic E-state index is -0.836. The number of carbonyl (C=O) groups excluding carboxylic acids is 1. The Bertz CT molecular complexity index is 1450. The van der Waals surface area contributed by atoms with E-state index >= 15 is 0 Å². The van der Waals surface area contributed by atoms with Gasteiger partial charge in [0.1, 0.15) is 11.6 Å². The zero-order valence-electron chi connectivity index (χ0n) is 18.3. The van der Waals surface area contributed by atoms with E-state index in [-0.39, 0.29) is 13.1 Å². The van der Waals surface area contributed by atoms with E-state index in [2.05, 4.69) is 10.4 Å². The quantitative estimate of drug-likeness (QED) is 0.457. The highest BCUT2D eigenvalue weighted by Gasteiger charge is 2.20. The largest absolute Gasteiger partial charge is 0.497 e. The molecule has 1 amide bonds. The third kappa shape index (κ3) is 4.93. The second-order valence-corrected chi connectivity index (χ2v) is 7.43. The number of aromatic nitrogens is 3. The van der Waals surface area contributed by atoms with Crippen LogP contribution in [-0.4, -0.2) is 27.4 Å². The van der Waals surface area contributed by atoms with E-state index < -0.39 is 28.7 Å². The standard InChI is InChI=1S/C25H21FN4O4/c1-34-21-12-6-8-18(14-21)16-29-24(32)22(23(31)27-15-17-7-5-9-19(26)13-17)28-30(25(29)33)20-10-3-2-4-11-20/h2-14H,15-16H2,1H3,(H,27,31). The average molecular weight is 460 g/mol. The summed E-state index contributed by atoms with van der Waals surface area (Å²) < 4.78 is 20.6. The predicted molar refractivity (Wildman–Crippen MR) is 124 cm³/mol. The van der Waals surface area contributed by atoms with Crippen molar-refractivity contribution in [2.24, 2.45) is 0 Å². The smallest absolute Gasteiger partial charge is 0.352 e. The van der Waals surface area contributed by atoms with Gasteiger partial charge in [0.05, 0.1) is 19.3 Å². The van der Waals surface area contributed by atoms with Crippen molar-refractivity contribution in [2.45, 2.75) is 13.1 Å². The van der Waals surface area contributed by atoms with E-state index in [0.29, 0.717) is 22.6 Å².